The van der Waals surface area contributed by atoms with E-state index < -0.39 is 0 Å². The van der Waals surface area contributed by atoms with E-state index in [-0.39, 0.29) is 0 Å². The Bertz CT molecular complexity index is 632. The van der Waals surface area contributed by atoms with Gasteiger partial charge in [0.1, 0.15) is 5.69 Å². The summed E-state index contributed by atoms with van der Waals surface area (Å²) in [6.07, 6.45) is 0. The Morgan fingerprint density at radius 1 is 1.00 bits per heavy atom. The van der Waals surface area contributed by atoms with E-state index in [1.165, 1.54) is 0 Å². The summed E-state index contributed by atoms with van der Waals surface area (Å²) in [6, 6.07) is 11.8. The van der Waals surface area contributed by atoms with Gasteiger partial charge < -0.3 is 5.73 Å². The maximum atomic E-state index is 6.11. The number of hydrogen-bond acceptors (Lipinski definition) is 4. The molecule has 0 aliphatic heterocycles. The first kappa shape index (κ1) is 9.30. The minimum absolute atomic E-state index is 0.702. The zero-order chi connectivity index (χ0) is 11.0. The second kappa shape index (κ2) is 3.57. The van der Waals surface area contributed by atoms with Gasteiger partial charge in [-0.1, -0.05) is 24.3 Å². The van der Waals surface area contributed by atoms with Crippen LogP contribution >= 0.6 is 11.3 Å². The molecule has 0 atom stereocenters. The first-order chi connectivity index (χ1) is 7.86. The summed E-state index contributed by atoms with van der Waals surface area (Å²) in [4.78, 5) is 1.05. The fraction of sp³-hybridized carbons (Fsp3) is 0. The molecule has 2 aromatic heterocycles. The van der Waals surface area contributed by atoms with Crippen molar-refractivity contribution in [1.82, 2.24) is 10.2 Å². The van der Waals surface area contributed by atoms with Gasteiger partial charge in [-0.2, -0.15) is 0 Å². The molecular weight excluding hydrogens is 218 g/mol. The number of nitrogen functional groups attached to an aromatic ring is 1. The van der Waals surface area contributed by atoms with Crippen molar-refractivity contribution in [2.45, 2.75) is 0 Å². The molecule has 3 nitrogen and oxygen atoms in total. The second-order valence-corrected chi connectivity index (χ2v) is 4.40. The molecule has 0 saturated carbocycles. The highest BCUT2D eigenvalue weighted by Gasteiger charge is 2.09. The van der Waals surface area contributed by atoms with Crippen molar-refractivity contribution in [1.29, 1.82) is 0 Å². The van der Waals surface area contributed by atoms with Crippen LogP contribution in [-0.2, 0) is 0 Å². The Balaban J connectivity index is 2.32. The van der Waals surface area contributed by atoms with Crippen molar-refractivity contribution in [3.05, 3.63) is 41.8 Å². The van der Waals surface area contributed by atoms with Crippen molar-refractivity contribution in [3.8, 4) is 10.6 Å². The molecule has 78 valence electrons. The molecule has 3 aromatic rings. The van der Waals surface area contributed by atoms with Gasteiger partial charge in [-0.15, -0.1) is 21.5 Å². The van der Waals surface area contributed by atoms with Gasteiger partial charge in [0.25, 0.3) is 0 Å². The summed E-state index contributed by atoms with van der Waals surface area (Å²) in [5, 5.41) is 11.3. The van der Waals surface area contributed by atoms with Crippen molar-refractivity contribution < 1.29 is 0 Å². The van der Waals surface area contributed by atoms with Gasteiger partial charge >= 0.3 is 0 Å². The molecule has 0 aliphatic carbocycles. The first-order valence-electron chi connectivity index (χ1n) is 4.91. The molecule has 2 N–H and O–H groups in total. The average molecular weight is 227 g/mol. The highest BCUT2D eigenvalue weighted by molar-refractivity contribution is 7.13. The van der Waals surface area contributed by atoms with Gasteiger partial charge in [0.2, 0.25) is 0 Å². The normalized spacial score (nSPS) is 10.8. The third kappa shape index (κ3) is 1.35. The summed E-state index contributed by atoms with van der Waals surface area (Å²) in [6.45, 7) is 0. The van der Waals surface area contributed by atoms with E-state index >= 15 is 0 Å². The van der Waals surface area contributed by atoms with Crippen LogP contribution in [0.2, 0.25) is 0 Å². The Hall–Kier alpha value is -1.94. The van der Waals surface area contributed by atoms with Crippen molar-refractivity contribution in [3.63, 3.8) is 0 Å². The Labute approximate surface area is 96.6 Å². The predicted octanol–water partition coefficient (Wildman–Crippen LogP) is 2.94. The van der Waals surface area contributed by atoms with Crippen LogP contribution in [-0.4, -0.2) is 10.2 Å². The summed E-state index contributed by atoms with van der Waals surface area (Å²) in [7, 11) is 0. The molecule has 1 aromatic carbocycles. The van der Waals surface area contributed by atoms with E-state index in [0.29, 0.717) is 5.69 Å². The lowest BCUT2D eigenvalue weighted by molar-refractivity contribution is 1.09. The van der Waals surface area contributed by atoms with Crippen LogP contribution in [0.1, 0.15) is 0 Å². The van der Waals surface area contributed by atoms with E-state index in [2.05, 4.69) is 10.2 Å². The number of fused-ring (bicyclic) bond motifs is 1. The topological polar surface area (TPSA) is 51.8 Å². The molecule has 0 radical (unpaired) electrons. The van der Waals surface area contributed by atoms with E-state index in [0.717, 1.165) is 21.5 Å². The van der Waals surface area contributed by atoms with Gasteiger partial charge in [-0.05, 0) is 17.5 Å². The Morgan fingerprint density at radius 2 is 1.88 bits per heavy atom. The van der Waals surface area contributed by atoms with Crippen LogP contribution in [0.5, 0.6) is 0 Å². The Morgan fingerprint density at radius 3 is 2.69 bits per heavy atom. The molecule has 0 bridgehead atoms. The fourth-order valence-corrected chi connectivity index (χ4v) is 2.39. The van der Waals surface area contributed by atoms with Crippen LogP contribution < -0.4 is 5.73 Å². The SMILES string of the molecule is Nc1c(-c2cccs2)nnc2ccccc12. The van der Waals surface area contributed by atoms with Gasteiger partial charge in [-0.25, -0.2) is 0 Å². The average Bonchev–Trinajstić information content (AvgIpc) is 2.83. The number of thiophene rings is 1. The van der Waals surface area contributed by atoms with Crippen molar-refractivity contribution >= 4 is 27.9 Å². The summed E-state index contributed by atoms with van der Waals surface area (Å²) < 4.78 is 0. The molecule has 0 amide bonds. The molecule has 4 heteroatoms. The molecular formula is C12H9N3S. The molecule has 16 heavy (non-hydrogen) atoms. The number of rotatable bonds is 1. The van der Waals surface area contributed by atoms with E-state index in [1.807, 2.05) is 41.8 Å². The van der Waals surface area contributed by atoms with E-state index in [4.69, 9.17) is 5.73 Å². The van der Waals surface area contributed by atoms with Crippen LogP contribution in [0.3, 0.4) is 0 Å². The number of hydrogen-bond donors (Lipinski definition) is 1. The third-order valence-corrected chi connectivity index (χ3v) is 3.34. The zero-order valence-electron chi connectivity index (χ0n) is 8.42. The van der Waals surface area contributed by atoms with Gasteiger partial charge in [-0.3, -0.25) is 0 Å². The number of benzene rings is 1. The van der Waals surface area contributed by atoms with Gasteiger partial charge in [0, 0.05) is 5.39 Å². The number of nitrogens with two attached hydrogens (primary N) is 1. The van der Waals surface area contributed by atoms with E-state index in [9.17, 15) is 0 Å². The highest BCUT2D eigenvalue weighted by Crippen LogP contribution is 2.31. The Kier molecular flexibility index (Phi) is 2.08. The van der Waals surface area contributed by atoms with Crippen LogP contribution in [0, 0.1) is 0 Å². The molecule has 0 unspecified atom stereocenters. The molecule has 0 aliphatic rings. The largest absolute Gasteiger partial charge is 0.396 e. The first-order valence-corrected chi connectivity index (χ1v) is 5.79. The van der Waals surface area contributed by atoms with Crippen molar-refractivity contribution in [2.24, 2.45) is 0 Å². The maximum Gasteiger partial charge on any atom is 0.126 e. The highest BCUT2D eigenvalue weighted by atomic mass is 32.1. The lowest BCUT2D eigenvalue weighted by Crippen LogP contribution is -1.96. The maximum absolute atomic E-state index is 6.11. The number of nitrogens with zero attached hydrogens (tertiary/aromatic N) is 2. The van der Waals surface area contributed by atoms with Crippen LogP contribution in [0.15, 0.2) is 41.8 Å². The number of anilines is 1. The molecule has 0 saturated heterocycles. The minimum Gasteiger partial charge on any atom is -0.396 e. The molecule has 0 fully saturated rings. The smallest absolute Gasteiger partial charge is 0.126 e. The minimum atomic E-state index is 0.702. The van der Waals surface area contributed by atoms with Crippen LogP contribution in [0.4, 0.5) is 5.69 Å². The summed E-state index contributed by atoms with van der Waals surface area (Å²) in [5.41, 5.74) is 8.42. The monoisotopic (exact) mass is 227 g/mol. The molecule has 3 rings (SSSR count). The molecule has 2 heterocycles. The fourth-order valence-electron chi connectivity index (χ4n) is 1.67. The van der Waals surface area contributed by atoms with Crippen LogP contribution in [0.25, 0.3) is 21.5 Å². The standard InChI is InChI=1S/C12H9N3S/c13-11-8-4-1-2-5-9(8)14-15-12(11)10-6-3-7-16-10/h1-7H,(H2,13,14). The van der Waals surface area contributed by atoms with Crippen molar-refractivity contribution in [2.75, 3.05) is 5.73 Å². The van der Waals surface area contributed by atoms with Gasteiger partial charge in [0.15, 0.2) is 0 Å². The third-order valence-electron chi connectivity index (χ3n) is 2.46. The lowest BCUT2D eigenvalue weighted by atomic mass is 10.1. The zero-order valence-corrected chi connectivity index (χ0v) is 9.24. The second-order valence-electron chi connectivity index (χ2n) is 3.46. The quantitative estimate of drug-likeness (QED) is 0.695. The van der Waals surface area contributed by atoms with Gasteiger partial charge in [0.05, 0.1) is 16.1 Å². The lowest BCUT2D eigenvalue weighted by Gasteiger charge is -2.04. The van der Waals surface area contributed by atoms with E-state index in [1.54, 1.807) is 11.3 Å². The summed E-state index contributed by atoms with van der Waals surface area (Å²) >= 11 is 1.62. The summed E-state index contributed by atoms with van der Waals surface area (Å²) in [5.74, 6) is 0. The predicted molar refractivity (Wildman–Crippen MR) is 67.3 cm³/mol. The number of aromatic nitrogens is 2. The molecule has 0 spiro atoms.